The Morgan fingerprint density at radius 1 is 0.935 bits per heavy atom. The summed E-state index contributed by atoms with van der Waals surface area (Å²) in [4.78, 5) is 31.3. The van der Waals surface area contributed by atoms with Crippen LogP contribution in [-0.4, -0.2) is 30.9 Å². The molecule has 0 saturated heterocycles. The first-order chi connectivity index (χ1) is 14.9. The summed E-state index contributed by atoms with van der Waals surface area (Å²) < 4.78 is 27.7. The zero-order chi connectivity index (χ0) is 22.0. The molecule has 3 aromatic rings. The average molecular weight is 420 g/mol. The predicted octanol–water partition coefficient (Wildman–Crippen LogP) is 3.93. The number of fused-ring (bicyclic) bond motifs is 1. The van der Waals surface area contributed by atoms with Gasteiger partial charge in [0.25, 0.3) is 5.91 Å². The van der Waals surface area contributed by atoms with Gasteiger partial charge in [-0.1, -0.05) is 30.3 Å². The van der Waals surface area contributed by atoms with Crippen molar-refractivity contribution in [1.82, 2.24) is 5.32 Å². The topological polar surface area (TPSA) is 73.8 Å². The van der Waals surface area contributed by atoms with Crippen molar-refractivity contribution in [3.05, 3.63) is 95.6 Å². The fraction of sp³-hybridized carbons (Fsp3) is 0.0870. The second-order valence-electron chi connectivity index (χ2n) is 6.88. The van der Waals surface area contributed by atoms with E-state index < -0.39 is 29.7 Å². The van der Waals surface area contributed by atoms with Gasteiger partial charge >= 0.3 is 6.03 Å². The first kappa shape index (κ1) is 20.2. The van der Waals surface area contributed by atoms with Crippen molar-refractivity contribution in [3.63, 3.8) is 0 Å². The molecular weight excluding hydrogens is 402 g/mol. The minimum absolute atomic E-state index is 0.212. The van der Waals surface area contributed by atoms with Crippen LogP contribution >= 0.6 is 0 Å². The third-order valence-electron chi connectivity index (χ3n) is 4.84. The molecule has 1 unspecified atom stereocenters. The molecule has 6 nitrogen and oxygen atoms in total. The summed E-state index contributed by atoms with van der Waals surface area (Å²) in [5, 5.41) is 5.04. The average Bonchev–Trinajstić information content (AvgIpc) is 2.87. The molecule has 8 heteroatoms. The van der Waals surface area contributed by atoms with E-state index in [9.17, 15) is 18.4 Å². The SMILES string of the molecule is CN1C(=O)C(NC(=O)Nc2ccc(F)cc2)N=C(c2ccccc2F)c2ccccc21. The summed E-state index contributed by atoms with van der Waals surface area (Å²) in [6.07, 6.45) is -1.30. The maximum atomic E-state index is 14.6. The third-order valence-corrected chi connectivity index (χ3v) is 4.84. The van der Waals surface area contributed by atoms with Gasteiger partial charge < -0.3 is 15.5 Å². The number of nitrogens with one attached hydrogen (secondary N) is 2. The molecule has 31 heavy (non-hydrogen) atoms. The van der Waals surface area contributed by atoms with Crippen LogP contribution in [0.3, 0.4) is 0 Å². The summed E-state index contributed by atoms with van der Waals surface area (Å²) in [7, 11) is 1.56. The highest BCUT2D eigenvalue weighted by Gasteiger charge is 2.31. The lowest BCUT2D eigenvalue weighted by molar-refractivity contribution is -0.119. The highest BCUT2D eigenvalue weighted by atomic mass is 19.1. The Morgan fingerprint density at radius 2 is 1.58 bits per heavy atom. The molecule has 1 aliphatic heterocycles. The maximum Gasteiger partial charge on any atom is 0.321 e. The molecule has 1 atom stereocenters. The molecule has 2 N–H and O–H groups in total. The van der Waals surface area contributed by atoms with Gasteiger partial charge in [0.05, 0.1) is 11.4 Å². The molecule has 0 saturated carbocycles. The van der Waals surface area contributed by atoms with E-state index in [0.717, 1.165) is 0 Å². The molecule has 0 aliphatic carbocycles. The summed E-state index contributed by atoms with van der Waals surface area (Å²) in [5.41, 5.74) is 1.90. The number of hydrogen-bond donors (Lipinski definition) is 2. The normalized spacial score (nSPS) is 15.6. The summed E-state index contributed by atoms with van der Waals surface area (Å²) in [6, 6.07) is 17.6. The number of amides is 3. The molecule has 4 rings (SSSR count). The van der Waals surface area contributed by atoms with E-state index >= 15 is 0 Å². The highest BCUT2D eigenvalue weighted by molar-refractivity contribution is 6.20. The van der Waals surface area contributed by atoms with Gasteiger partial charge in [0.1, 0.15) is 11.6 Å². The van der Waals surface area contributed by atoms with Gasteiger partial charge in [0.2, 0.25) is 6.17 Å². The minimum Gasteiger partial charge on any atom is -0.311 e. The van der Waals surface area contributed by atoms with Crippen molar-refractivity contribution >= 4 is 29.0 Å². The Balaban J connectivity index is 1.71. The van der Waals surface area contributed by atoms with E-state index in [2.05, 4.69) is 15.6 Å². The number of hydrogen-bond acceptors (Lipinski definition) is 3. The number of rotatable bonds is 3. The minimum atomic E-state index is -1.30. The van der Waals surface area contributed by atoms with Crippen LogP contribution in [0, 0.1) is 11.6 Å². The number of aliphatic imine (C=N–C) groups is 1. The molecule has 0 spiro atoms. The lowest BCUT2D eigenvalue weighted by Crippen LogP contribution is -2.47. The molecule has 1 heterocycles. The Labute approximate surface area is 177 Å². The van der Waals surface area contributed by atoms with Gasteiger partial charge in [-0.2, -0.15) is 0 Å². The Hall–Kier alpha value is -4.07. The van der Waals surface area contributed by atoms with E-state index in [1.165, 1.54) is 35.2 Å². The van der Waals surface area contributed by atoms with E-state index in [0.29, 0.717) is 16.9 Å². The monoisotopic (exact) mass is 420 g/mol. The summed E-state index contributed by atoms with van der Waals surface area (Å²) >= 11 is 0. The second-order valence-corrected chi connectivity index (χ2v) is 6.88. The highest BCUT2D eigenvalue weighted by Crippen LogP contribution is 2.28. The molecule has 3 aromatic carbocycles. The van der Waals surface area contributed by atoms with Crippen molar-refractivity contribution in [3.8, 4) is 0 Å². The first-order valence-electron chi connectivity index (χ1n) is 9.47. The molecule has 0 radical (unpaired) electrons. The second kappa shape index (κ2) is 8.35. The van der Waals surface area contributed by atoms with E-state index in [4.69, 9.17) is 0 Å². The largest absolute Gasteiger partial charge is 0.321 e. The van der Waals surface area contributed by atoms with Crippen LogP contribution in [-0.2, 0) is 4.79 Å². The van der Waals surface area contributed by atoms with Gasteiger partial charge in [0.15, 0.2) is 0 Å². The molecule has 3 amide bonds. The van der Waals surface area contributed by atoms with Crippen LogP contribution in [0.5, 0.6) is 0 Å². The van der Waals surface area contributed by atoms with E-state index in [1.54, 1.807) is 49.5 Å². The van der Waals surface area contributed by atoms with Gasteiger partial charge in [-0.3, -0.25) is 4.79 Å². The molecule has 0 fully saturated rings. The van der Waals surface area contributed by atoms with E-state index in [1.807, 2.05) is 0 Å². The quantitative estimate of drug-likeness (QED) is 0.674. The number of benzene rings is 3. The number of nitrogens with zero attached hydrogens (tertiary/aromatic N) is 2. The van der Waals surface area contributed by atoms with Gasteiger partial charge in [-0.25, -0.2) is 18.6 Å². The Morgan fingerprint density at radius 3 is 2.29 bits per heavy atom. The number of carbonyl (C=O) groups excluding carboxylic acids is 2. The molecular formula is C23H18F2N4O2. The number of halogens is 2. The number of urea groups is 1. The zero-order valence-corrected chi connectivity index (χ0v) is 16.5. The van der Waals surface area contributed by atoms with Gasteiger partial charge in [-0.15, -0.1) is 0 Å². The van der Waals surface area contributed by atoms with Crippen molar-refractivity contribution < 1.29 is 18.4 Å². The van der Waals surface area contributed by atoms with E-state index in [-0.39, 0.29) is 11.3 Å². The molecule has 0 aromatic heterocycles. The third kappa shape index (κ3) is 4.13. The van der Waals surface area contributed by atoms with Gasteiger partial charge in [-0.05, 0) is 42.5 Å². The van der Waals surface area contributed by atoms with Crippen molar-refractivity contribution in [2.75, 3.05) is 17.3 Å². The standard InChI is InChI=1S/C23H18F2N4O2/c1-29-19-9-5-3-7-17(19)20(16-6-2-4-8-18(16)25)27-21(22(29)30)28-23(31)26-15-12-10-14(24)11-13-15/h2-13,21H,1H3,(H2,26,28,31). The Kier molecular flexibility index (Phi) is 5.44. The van der Waals surface area contributed by atoms with Gasteiger partial charge in [0, 0.05) is 23.9 Å². The Bertz CT molecular complexity index is 1180. The molecule has 0 bridgehead atoms. The van der Waals surface area contributed by atoms with Crippen LogP contribution in [0.15, 0.2) is 77.8 Å². The molecule has 156 valence electrons. The van der Waals surface area contributed by atoms with Crippen LogP contribution in [0.1, 0.15) is 11.1 Å². The smallest absolute Gasteiger partial charge is 0.311 e. The van der Waals surface area contributed by atoms with Crippen molar-refractivity contribution in [2.24, 2.45) is 4.99 Å². The number of likely N-dealkylation sites (N-methyl/N-ethyl adjacent to an activating group) is 1. The van der Waals surface area contributed by atoms with Crippen LogP contribution in [0.25, 0.3) is 0 Å². The number of anilines is 2. The fourth-order valence-electron chi connectivity index (χ4n) is 3.31. The van der Waals surface area contributed by atoms with Crippen molar-refractivity contribution in [1.29, 1.82) is 0 Å². The van der Waals surface area contributed by atoms with Crippen molar-refractivity contribution in [2.45, 2.75) is 6.17 Å². The number of carbonyl (C=O) groups is 2. The predicted molar refractivity (Wildman–Crippen MR) is 114 cm³/mol. The zero-order valence-electron chi connectivity index (χ0n) is 16.5. The number of benzodiazepines with no additional fused rings is 1. The molecule has 1 aliphatic rings. The van der Waals surface area contributed by atoms with Crippen LogP contribution in [0.2, 0.25) is 0 Å². The fourth-order valence-corrected chi connectivity index (χ4v) is 3.31. The lowest BCUT2D eigenvalue weighted by atomic mass is 10.00. The summed E-state index contributed by atoms with van der Waals surface area (Å²) in [6.45, 7) is 0. The number of para-hydroxylation sites is 1. The van der Waals surface area contributed by atoms with Crippen LogP contribution < -0.4 is 15.5 Å². The first-order valence-corrected chi connectivity index (χ1v) is 9.47. The maximum absolute atomic E-state index is 14.6. The van der Waals surface area contributed by atoms with Crippen LogP contribution in [0.4, 0.5) is 25.0 Å². The lowest BCUT2D eigenvalue weighted by Gasteiger charge is -2.21. The summed E-state index contributed by atoms with van der Waals surface area (Å²) in [5.74, 6) is -1.43.